The van der Waals surface area contributed by atoms with Gasteiger partial charge in [-0.05, 0) is 19.4 Å². The van der Waals surface area contributed by atoms with Gasteiger partial charge >= 0.3 is 6.03 Å². The Kier molecular flexibility index (Phi) is 5.93. The molecule has 0 radical (unpaired) electrons. The summed E-state index contributed by atoms with van der Waals surface area (Å²) in [7, 11) is 0. The van der Waals surface area contributed by atoms with E-state index in [0.29, 0.717) is 19.6 Å². The van der Waals surface area contributed by atoms with Crippen molar-refractivity contribution in [1.29, 1.82) is 0 Å². The number of aryl methyl sites for hydroxylation is 2. The summed E-state index contributed by atoms with van der Waals surface area (Å²) in [6, 6.07) is 20.2. The zero-order chi connectivity index (χ0) is 20.9. The van der Waals surface area contributed by atoms with E-state index in [4.69, 9.17) is 4.98 Å². The van der Waals surface area contributed by atoms with E-state index in [1.807, 2.05) is 48.2 Å². The number of aromatic nitrogens is 2. The van der Waals surface area contributed by atoms with E-state index in [0.717, 1.165) is 41.6 Å². The Morgan fingerprint density at radius 3 is 2.33 bits per heavy atom. The molecule has 6 heteroatoms. The van der Waals surface area contributed by atoms with Crippen LogP contribution in [0.25, 0.3) is 11.4 Å². The van der Waals surface area contributed by atoms with Gasteiger partial charge in [0, 0.05) is 50.0 Å². The number of carbonyl (C=O) groups excluding carboxylic acids is 1. The molecule has 2 amide bonds. The lowest BCUT2D eigenvalue weighted by Gasteiger charge is -2.35. The van der Waals surface area contributed by atoms with E-state index in [-0.39, 0.29) is 6.03 Å². The quantitative estimate of drug-likeness (QED) is 0.723. The van der Waals surface area contributed by atoms with Gasteiger partial charge in [0.25, 0.3) is 0 Å². The molecule has 2 heterocycles. The summed E-state index contributed by atoms with van der Waals surface area (Å²) < 4.78 is 0. The van der Waals surface area contributed by atoms with Gasteiger partial charge in [0.2, 0.25) is 0 Å². The molecule has 0 saturated carbocycles. The first-order valence-corrected chi connectivity index (χ1v) is 10.3. The topological polar surface area (TPSA) is 61.4 Å². The van der Waals surface area contributed by atoms with Crippen molar-refractivity contribution < 1.29 is 4.79 Å². The number of benzene rings is 2. The summed E-state index contributed by atoms with van der Waals surface area (Å²) in [5.41, 5.74) is 4.28. The number of piperazine rings is 1. The highest BCUT2D eigenvalue weighted by atomic mass is 16.2. The van der Waals surface area contributed by atoms with Crippen molar-refractivity contribution in [3.8, 4) is 11.4 Å². The zero-order valence-electron chi connectivity index (χ0n) is 17.5. The molecule has 2 aromatic carbocycles. The van der Waals surface area contributed by atoms with Crippen LogP contribution in [0.1, 0.15) is 16.8 Å². The Labute approximate surface area is 177 Å². The highest BCUT2D eigenvalue weighted by Gasteiger charge is 2.22. The third-order valence-electron chi connectivity index (χ3n) is 5.33. The molecule has 4 rings (SSSR count). The third kappa shape index (κ3) is 4.76. The summed E-state index contributed by atoms with van der Waals surface area (Å²) in [6.07, 6.45) is 0. The van der Waals surface area contributed by atoms with Crippen LogP contribution < -0.4 is 10.2 Å². The minimum absolute atomic E-state index is 0.0160. The van der Waals surface area contributed by atoms with Crippen LogP contribution in [0.3, 0.4) is 0 Å². The van der Waals surface area contributed by atoms with Crippen LogP contribution in [-0.2, 0) is 6.54 Å². The molecule has 154 valence electrons. The molecule has 1 fully saturated rings. The van der Waals surface area contributed by atoms with Crippen molar-refractivity contribution in [2.45, 2.75) is 20.4 Å². The standard InChI is InChI=1S/C24H27N5O/c1-18-8-10-21(11-9-18)23-26-19(2)16-22(27-23)28-12-14-29(15-13-28)24(30)25-17-20-6-4-3-5-7-20/h3-11,16H,12-15,17H2,1-2H3,(H,25,30). The number of rotatable bonds is 4. The second kappa shape index (κ2) is 8.95. The van der Waals surface area contributed by atoms with Crippen LogP contribution in [0.15, 0.2) is 60.7 Å². The van der Waals surface area contributed by atoms with Gasteiger partial charge in [-0.1, -0.05) is 60.2 Å². The first-order valence-electron chi connectivity index (χ1n) is 10.3. The van der Waals surface area contributed by atoms with Crippen LogP contribution in [0, 0.1) is 13.8 Å². The van der Waals surface area contributed by atoms with Crippen LogP contribution in [0.4, 0.5) is 10.6 Å². The summed E-state index contributed by atoms with van der Waals surface area (Å²) in [5, 5.41) is 3.01. The number of nitrogens with one attached hydrogen (secondary N) is 1. The van der Waals surface area contributed by atoms with Crippen LogP contribution >= 0.6 is 0 Å². The number of anilines is 1. The van der Waals surface area contributed by atoms with Crippen molar-refractivity contribution in [2.24, 2.45) is 0 Å². The lowest BCUT2D eigenvalue weighted by Crippen LogP contribution is -2.52. The molecule has 1 saturated heterocycles. The Morgan fingerprint density at radius 1 is 0.933 bits per heavy atom. The lowest BCUT2D eigenvalue weighted by atomic mass is 10.1. The van der Waals surface area contributed by atoms with E-state index in [1.165, 1.54) is 5.56 Å². The Hall–Kier alpha value is -3.41. The number of hydrogen-bond donors (Lipinski definition) is 1. The van der Waals surface area contributed by atoms with Crippen LogP contribution in [-0.4, -0.2) is 47.1 Å². The average Bonchev–Trinajstić information content (AvgIpc) is 2.78. The number of hydrogen-bond acceptors (Lipinski definition) is 4. The van der Waals surface area contributed by atoms with Crippen molar-refractivity contribution in [1.82, 2.24) is 20.2 Å². The summed E-state index contributed by atoms with van der Waals surface area (Å²) in [6.45, 7) is 7.46. The van der Waals surface area contributed by atoms with E-state index in [9.17, 15) is 4.79 Å². The van der Waals surface area contributed by atoms with Gasteiger partial charge in [0.05, 0.1) is 0 Å². The SMILES string of the molecule is Cc1ccc(-c2nc(C)cc(N3CCN(C(=O)NCc4ccccc4)CC3)n2)cc1. The largest absolute Gasteiger partial charge is 0.353 e. The Bertz CT molecular complexity index is 996. The minimum atomic E-state index is -0.0160. The number of urea groups is 1. The minimum Gasteiger partial charge on any atom is -0.353 e. The fourth-order valence-corrected chi connectivity index (χ4v) is 3.57. The smallest absolute Gasteiger partial charge is 0.317 e. The van der Waals surface area contributed by atoms with E-state index >= 15 is 0 Å². The fourth-order valence-electron chi connectivity index (χ4n) is 3.57. The van der Waals surface area contributed by atoms with Crippen molar-refractivity contribution in [2.75, 3.05) is 31.1 Å². The van der Waals surface area contributed by atoms with E-state index in [1.54, 1.807) is 0 Å². The Balaban J connectivity index is 1.38. The zero-order valence-corrected chi connectivity index (χ0v) is 17.5. The molecule has 0 aliphatic carbocycles. The second-order valence-electron chi connectivity index (χ2n) is 7.68. The molecule has 0 atom stereocenters. The average molecular weight is 402 g/mol. The molecule has 1 aliphatic heterocycles. The molecule has 1 N–H and O–H groups in total. The summed E-state index contributed by atoms with van der Waals surface area (Å²) in [4.78, 5) is 26.0. The summed E-state index contributed by atoms with van der Waals surface area (Å²) >= 11 is 0. The Morgan fingerprint density at radius 2 is 1.63 bits per heavy atom. The first kappa shape index (κ1) is 19.9. The van der Waals surface area contributed by atoms with Crippen LogP contribution in [0.5, 0.6) is 0 Å². The van der Waals surface area contributed by atoms with Crippen molar-refractivity contribution >= 4 is 11.8 Å². The monoisotopic (exact) mass is 401 g/mol. The number of carbonyl (C=O) groups is 1. The maximum absolute atomic E-state index is 12.5. The maximum Gasteiger partial charge on any atom is 0.317 e. The molecule has 0 unspecified atom stereocenters. The lowest BCUT2D eigenvalue weighted by molar-refractivity contribution is 0.194. The highest BCUT2D eigenvalue weighted by Crippen LogP contribution is 2.21. The van der Waals surface area contributed by atoms with E-state index < -0.39 is 0 Å². The van der Waals surface area contributed by atoms with Crippen LogP contribution in [0.2, 0.25) is 0 Å². The first-order chi connectivity index (χ1) is 14.6. The molecule has 3 aromatic rings. The van der Waals surface area contributed by atoms with Gasteiger partial charge in [0.15, 0.2) is 5.82 Å². The number of amides is 2. The van der Waals surface area contributed by atoms with Gasteiger partial charge in [-0.15, -0.1) is 0 Å². The fraction of sp³-hybridized carbons (Fsp3) is 0.292. The predicted octanol–water partition coefficient (Wildman–Crippen LogP) is 3.79. The molecule has 1 aliphatic rings. The molecular weight excluding hydrogens is 374 g/mol. The van der Waals surface area contributed by atoms with Gasteiger partial charge < -0.3 is 15.1 Å². The number of nitrogens with zero attached hydrogens (tertiary/aromatic N) is 4. The highest BCUT2D eigenvalue weighted by molar-refractivity contribution is 5.74. The molecule has 6 nitrogen and oxygen atoms in total. The predicted molar refractivity (Wildman–Crippen MR) is 119 cm³/mol. The molecular formula is C24H27N5O. The normalized spacial score (nSPS) is 13.9. The third-order valence-corrected chi connectivity index (χ3v) is 5.33. The second-order valence-corrected chi connectivity index (χ2v) is 7.68. The molecule has 30 heavy (non-hydrogen) atoms. The summed E-state index contributed by atoms with van der Waals surface area (Å²) in [5.74, 6) is 1.66. The van der Waals surface area contributed by atoms with Gasteiger partial charge in [-0.2, -0.15) is 0 Å². The van der Waals surface area contributed by atoms with Crippen molar-refractivity contribution in [3.05, 3.63) is 77.5 Å². The van der Waals surface area contributed by atoms with E-state index in [2.05, 4.69) is 46.4 Å². The molecule has 0 bridgehead atoms. The van der Waals surface area contributed by atoms with Gasteiger partial charge in [-0.25, -0.2) is 14.8 Å². The molecule has 0 spiro atoms. The van der Waals surface area contributed by atoms with Gasteiger partial charge in [-0.3, -0.25) is 0 Å². The maximum atomic E-state index is 12.5. The van der Waals surface area contributed by atoms with Gasteiger partial charge in [0.1, 0.15) is 5.82 Å². The van der Waals surface area contributed by atoms with Crippen molar-refractivity contribution in [3.63, 3.8) is 0 Å². The molecule has 1 aromatic heterocycles.